The second kappa shape index (κ2) is 14.2. The van der Waals surface area contributed by atoms with Crippen molar-refractivity contribution in [1.82, 2.24) is 5.43 Å². The molecule has 11 heteroatoms. The lowest BCUT2D eigenvalue weighted by Crippen LogP contribution is -2.18. The van der Waals surface area contributed by atoms with Crippen molar-refractivity contribution in [1.29, 1.82) is 0 Å². The quantitative estimate of drug-likeness (QED) is 0.110. The van der Waals surface area contributed by atoms with Gasteiger partial charge in [-0.2, -0.15) is 5.10 Å². The SMILES string of the molecule is COc1ccc(C(=O)Oc2ccccc2C=NNC(=O)c2cccc(NC(=O)c3cc(OC)c(OC)c(OC)c3)c2)cc1. The highest BCUT2D eigenvalue weighted by atomic mass is 16.5. The fraction of sp³-hybridized carbons (Fsp3) is 0.125. The number of methoxy groups -OCH3 is 4. The second-order valence-corrected chi connectivity index (χ2v) is 8.80. The molecule has 4 aromatic carbocycles. The molecule has 0 aliphatic heterocycles. The molecule has 0 aliphatic rings. The largest absolute Gasteiger partial charge is 0.497 e. The van der Waals surface area contributed by atoms with Gasteiger partial charge in [0.05, 0.1) is 40.2 Å². The number of carbonyl (C=O) groups excluding carboxylic acids is 3. The van der Waals surface area contributed by atoms with Crippen molar-refractivity contribution in [3.05, 3.63) is 107 Å². The summed E-state index contributed by atoms with van der Waals surface area (Å²) in [5, 5.41) is 6.77. The maximum atomic E-state index is 13.0. The number of hydrogen-bond acceptors (Lipinski definition) is 9. The Hall–Kier alpha value is -5.84. The molecule has 0 heterocycles. The van der Waals surface area contributed by atoms with E-state index in [0.29, 0.717) is 39.8 Å². The van der Waals surface area contributed by atoms with Crippen molar-refractivity contribution in [2.45, 2.75) is 0 Å². The van der Waals surface area contributed by atoms with Crippen LogP contribution in [0.15, 0.2) is 90.0 Å². The van der Waals surface area contributed by atoms with Gasteiger partial charge in [0.25, 0.3) is 11.8 Å². The van der Waals surface area contributed by atoms with E-state index in [-0.39, 0.29) is 16.9 Å². The van der Waals surface area contributed by atoms with Gasteiger partial charge in [-0.05, 0) is 66.7 Å². The molecule has 2 N–H and O–H groups in total. The Kier molecular flexibility index (Phi) is 9.93. The molecule has 0 bridgehead atoms. The van der Waals surface area contributed by atoms with E-state index < -0.39 is 17.8 Å². The Bertz CT molecular complexity index is 1630. The molecule has 4 rings (SSSR count). The van der Waals surface area contributed by atoms with E-state index in [1.54, 1.807) is 66.7 Å². The van der Waals surface area contributed by atoms with E-state index in [4.69, 9.17) is 23.7 Å². The van der Waals surface area contributed by atoms with Crippen LogP contribution >= 0.6 is 0 Å². The Labute approximate surface area is 248 Å². The standard InChI is InChI=1S/C32H29N3O8/c1-39-25-14-12-20(13-15-25)32(38)43-26-11-6-5-8-22(26)19-33-35-31(37)21-9-7-10-24(16-21)34-30(36)23-17-27(40-2)29(42-4)28(18-23)41-3/h5-19H,1-4H3,(H,34,36)(H,35,37). The summed E-state index contributed by atoms with van der Waals surface area (Å²) in [6.07, 6.45) is 1.37. The highest BCUT2D eigenvalue weighted by Crippen LogP contribution is 2.38. The number of hydrazone groups is 1. The summed E-state index contributed by atoms with van der Waals surface area (Å²) in [7, 11) is 5.92. The topological polar surface area (TPSA) is 134 Å². The number of anilines is 1. The number of esters is 1. The van der Waals surface area contributed by atoms with E-state index in [0.717, 1.165) is 0 Å². The van der Waals surface area contributed by atoms with Crippen LogP contribution in [0, 0.1) is 0 Å². The highest BCUT2D eigenvalue weighted by Gasteiger charge is 2.18. The molecule has 4 aromatic rings. The van der Waals surface area contributed by atoms with Crippen LogP contribution in [0.1, 0.15) is 36.6 Å². The number of ether oxygens (including phenoxy) is 5. The number of para-hydroxylation sites is 1. The third-order valence-electron chi connectivity index (χ3n) is 6.13. The Morgan fingerprint density at radius 1 is 0.651 bits per heavy atom. The fourth-order valence-corrected chi connectivity index (χ4v) is 3.94. The third-order valence-corrected chi connectivity index (χ3v) is 6.13. The van der Waals surface area contributed by atoms with Gasteiger partial charge in [0.15, 0.2) is 11.5 Å². The number of rotatable bonds is 11. The summed E-state index contributed by atoms with van der Waals surface area (Å²) < 4.78 is 26.6. The molecule has 0 radical (unpaired) electrons. The van der Waals surface area contributed by atoms with Gasteiger partial charge in [-0.1, -0.05) is 18.2 Å². The number of hydrogen-bond donors (Lipinski definition) is 2. The van der Waals surface area contributed by atoms with Crippen LogP contribution in [0.3, 0.4) is 0 Å². The van der Waals surface area contributed by atoms with Crippen molar-refractivity contribution in [3.63, 3.8) is 0 Å². The Morgan fingerprint density at radius 3 is 2.00 bits per heavy atom. The first kappa shape index (κ1) is 30.1. The van der Waals surface area contributed by atoms with Crippen LogP contribution in [0.2, 0.25) is 0 Å². The molecular formula is C32H29N3O8. The predicted octanol–water partition coefficient (Wildman–Crippen LogP) is 4.96. The second-order valence-electron chi connectivity index (χ2n) is 8.80. The lowest BCUT2D eigenvalue weighted by atomic mass is 10.1. The maximum absolute atomic E-state index is 13.0. The zero-order valence-electron chi connectivity index (χ0n) is 23.9. The molecule has 0 atom stereocenters. The predicted molar refractivity (Wildman–Crippen MR) is 160 cm³/mol. The highest BCUT2D eigenvalue weighted by molar-refractivity contribution is 6.06. The first-order valence-corrected chi connectivity index (χ1v) is 12.9. The van der Waals surface area contributed by atoms with Crippen molar-refractivity contribution in [3.8, 4) is 28.7 Å². The Morgan fingerprint density at radius 2 is 1.35 bits per heavy atom. The molecule has 0 fully saturated rings. The maximum Gasteiger partial charge on any atom is 0.343 e. The Balaban J connectivity index is 1.42. The fourth-order valence-electron chi connectivity index (χ4n) is 3.94. The van der Waals surface area contributed by atoms with Gasteiger partial charge in [-0.3, -0.25) is 9.59 Å². The smallest absolute Gasteiger partial charge is 0.343 e. The molecule has 0 unspecified atom stereocenters. The molecule has 43 heavy (non-hydrogen) atoms. The van der Waals surface area contributed by atoms with E-state index in [9.17, 15) is 14.4 Å². The summed E-state index contributed by atoms with van der Waals surface area (Å²) in [5.41, 5.74) is 4.15. The van der Waals surface area contributed by atoms with Crippen LogP contribution in [0.5, 0.6) is 28.7 Å². The number of benzene rings is 4. The van der Waals surface area contributed by atoms with Crippen LogP contribution in [0.25, 0.3) is 0 Å². The zero-order valence-corrected chi connectivity index (χ0v) is 23.9. The minimum atomic E-state index is -0.557. The van der Waals surface area contributed by atoms with Gasteiger partial charge >= 0.3 is 5.97 Å². The molecular weight excluding hydrogens is 554 g/mol. The van der Waals surface area contributed by atoms with Gasteiger partial charge in [0.2, 0.25) is 5.75 Å². The van der Waals surface area contributed by atoms with Gasteiger partial charge in [0.1, 0.15) is 11.5 Å². The van der Waals surface area contributed by atoms with E-state index in [1.165, 1.54) is 52.9 Å². The molecule has 0 spiro atoms. The lowest BCUT2D eigenvalue weighted by Gasteiger charge is -2.14. The molecule has 0 aromatic heterocycles. The average molecular weight is 584 g/mol. The molecule has 0 aliphatic carbocycles. The zero-order chi connectivity index (χ0) is 30.8. The molecule has 0 saturated carbocycles. The van der Waals surface area contributed by atoms with E-state index in [1.807, 2.05) is 0 Å². The van der Waals surface area contributed by atoms with Crippen molar-refractivity contribution in [2.75, 3.05) is 33.8 Å². The van der Waals surface area contributed by atoms with Crippen molar-refractivity contribution in [2.24, 2.45) is 5.10 Å². The van der Waals surface area contributed by atoms with Crippen molar-refractivity contribution >= 4 is 29.7 Å². The van der Waals surface area contributed by atoms with Gasteiger partial charge in [0, 0.05) is 22.4 Å². The van der Waals surface area contributed by atoms with E-state index in [2.05, 4.69) is 15.8 Å². The summed E-state index contributed by atoms with van der Waals surface area (Å²) >= 11 is 0. The lowest BCUT2D eigenvalue weighted by molar-refractivity contribution is 0.0733. The number of nitrogens with one attached hydrogen (secondary N) is 2. The van der Waals surface area contributed by atoms with Crippen molar-refractivity contribution < 1.29 is 38.1 Å². The minimum Gasteiger partial charge on any atom is -0.497 e. The molecule has 0 saturated heterocycles. The summed E-state index contributed by atoms with van der Waals surface area (Å²) in [6, 6.07) is 22.7. The normalized spacial score (nSPS) is 10.5. The van der Waals surface area contributed by atoms with Gasteiger partial charge < -0.3 is 29.0 Å². The minimum absolute atomic E-state index is 0.249. The average Bonchev–Trinajstić information content (AvgIpc) is 3.04. The molecule has 11 nitrogen and oxygen atoms in total. The van der Waals surface area contributed by atoms with Gasteiger partial charge in [-0.25, -0.2) is 10.2 Å². The van der Waals surface area contributed by atoms with E-state index >= 15 is 0 Å². The summed E-state index contributed by atoms with van der Waals surface area (Å²) in [6.45, 7) is 0. The number of carbonyl (C=O) groups is 3. The summed E-state index contributed by atoms with van der Waals surface area (Å²) in [5.74, 6) is 0.370. The van der Waals surface area contributed by atoms with Crippen LogP contribution in [-0.4, -0.2) is 52.4 Å². The van der Waals surface area contributed by atoms with Gasteiger partial charge in [-0.15, -0.1) is 0 Å². The first-order valence-electron chi connectivity index (χ1n) is 12.9. The van der Waals surface area contributed by atoms with Crippen LogP contribution in [0.4, 0.5) is 5.69 Å². The number of nitrogens with zero attached hydrogens (tertiary/aromatic N) is 1. The van der Waals surface area contributed by atoms with Crippen LogP contribution < -0.4 is 34.4 Å². The third kappa shape index (κ3) is 7.47. The molecule has 220 valence electrons. The van der Waals surface area contributed by atoms with Crippen LogP contribution in [-0.2, 0) is 0 Å². The summed E-state index contributed by atoms with van der Waals surface area (Å²) in [4.78, 5) is 38.4. The monoisotopic (exact) mass is 583 g/mol. The number of amides is 2. The first-order chi connectivity index (χ1) is 20.9. The molecule has 2 amide bonds.